The van der Waals surface area contributed by atoms with Gasteiger partial charge in [0.1, 0.15) is 12.4 Å². The summed E-state index contributed by atoms with van der Waals surface area (Å²) in [4.78, 5) is 22.7. The first-order chi connectivity index (χ1) is 11.5. The lowest BCUT2D eigenvalue weighted by Gasteiger charge is -2.01. The highest BCUT2D eigenvalue weighted by molar-refractivity contribution is 6.02. The van der Waals surface area contributed by atoms with Crippen molar-refractivity contribution in [1.29, 1.82) is 0 Å². The Morgan fingerprint density at radius 2 is 2.00 bits per heavy atom. The average Bonchev–Trinajstić information content (AvgIpc) is 3.16. The monoisotopic (exact) mass is 329 g/mol. The zero-order chi connectivity index (χ0) is 17.1. The number of aliphatic carboxylic acids is 1. The van der Waals surface area contributed by atoms with E-state index in [1.54, 1.807) is 12.1 Å². The van der Waals surface area contributed by atoms with Gasteiger partial charge in [-0.05, 0) is 24.3 Å². The van der Waals surface area contributed by atoms with E-state index in [2.05, 4.69) is 15.5 Å². The maximum Gasteiger partial charge on any atom is 0.325 e. The van der Waals surface area contributed by atoms with Gasteiger partial charge in [-0.1, -0.05) is 6.07 Å². The third-order valence-electron chi connectivity index (χ3n) is 3.07. The number of anilines is 1. The van der Waals surface area contributed by atoms with E-state index in [9.17, 15) is 14.0 Å². The average molecular weight is 329 g/mol. The smallest absolute Gasteiger partial charge is 0.325 e. The van der Waals surface area contributed by atoms with Gasteiger partial charge in [0.05, 0.1) is 5.69 Å². The number of nitrogens with one attached hydrogen (secondary N) is 1. The van der Waals surface area contributed by atoms with Crippen molar-refractivity contribution in [2.75, 3.05) is 5.32 Å². The van der Waals surface area contributed by atoms with Gasteiger partial charge in [-0.2, -0.15) is 10.2 Å². The summed E-state index contributed by atoms with van der Waals surface area (Å²) >= 11 is 0. The van der Waals surface area contributed by atoms with Crippen molar-refractivity contribution in [3.63, 3.8) is 0 Å². The summed E-state index contributed by atoms with van der Waals surface area (Å²) < 4.78 is 15.8. The molecule has 0 radical (unpaired) electrons. The Bertz CT molecular complexity index is 902. The molecule has 3 rings (SSSR count). The maximum atomic E-state index is 13.2. The molecule has 24 heavy (non-hydrogen) atoms. The van der Waals surface area contributed by atoms with Crippen molar-refractivity contribution >= 4 is 17.7 Å². The van der Waals surface area contributed by atoms with Gasteiger partial charge in [0.15, 0.2) is 11.5 Å². The van der Waals surface area contributed by atoms with Crippen molar-refractivity contribution in [3.05, 3.63) is 60.3 Å². The number of carboxylic acids is 1. The Hall–Kier alpha value is -3.49. The molecule has 0 spiro atoms. The van der Waals surface area contributed by atoms with Crippen molar-refractivity contribution in [2.24, 2.45) is 0 Å². The second-order valence-electron chi connectivity index (χ2n) is 4.87. The number of rotatable bonds is 5. The molecule has 2 heterocycles. The van der Waals surface area contributed by atoms with Gasteiger partial charge in [0, 0.05) is 18.5 Å². The number of nitrogens with zero attached hydrogens (tertiary/aromatic N) is 4. The molecule has 0 atom stereocenters. The Morgan fingerprint density at radius 3 is 2.75 bits per heavy atom. The molecule has 2 aromatic heterocycles. The number of aromatic nitrogens is 4. The highest BCUT2D eigenvalue weighted by Gasteiger charge is 2.12. The summed E-state index contributed by atoms with van der Waals surface area (Å²) in [6.07, 6.45) is 2.97. The predicted octanol–water partition coefficient (Wildman–Crippen LogP) is 1.54. The number of carbonyl (C=O) groups is 2. The Morgan fingerprint density at radius 1 is 1.17 bits per heavy atom. The second kappa shape index (κ2) is 6.32. The maximum absolute atomic E-state index is 13.2. The standard InChI is InChI=1S/C15H12FN5O3/c16-10-2-1-3-11(8-10)21-7-4-12(18-21)15(24)17-13-5-6-20(19-13)9-14(22)23/h1-8H,9H2,(H,22,23)(H,17,19,24). The number of halogens is 1. The fourth-order valence-corrected chi connectivity index (χ4v) is 2.04. The topological polar surface area (TPSA) is 102 Å². The van der Waals surface area contributed by atoms with Crippen LogP contribution in [0.5, 0.6) is 0 Å². The van der Waals surface area contributed by atoms with Crippen LogP contribution in [-0.4, -0.2) is 36.5 Å². The van der Waals surface area contributed by atoms with Gasteiger partial charge in [-0.3, -0.25) is 14.3 Å². The van der Waals surface area contributed by atoms with Crippen LogP contribution in [0, 0.1) is 5.82 Å². The first-order valence-corrected chi connectivity index (χ1v) is 6.89. The van der Waals surface area contributed by atoms with Crippen molar-refractivity contribution in [2.45, 2.75) is 6.54 Å². The summed E-state index contributed by atoms with van der Waals surface area (Å²) in [6, 6.07) is 8.77. The highest BCUT2D eigenvalue weighted by Crippen LogP contribution is 2.11. The van der Waals surface area contributed by atoms with Crippen LogP contribution < -0.4 is 5.32 Å². The zero-order valence-electron chi connectivity index (χ0n) is 12.3. The lowest BCUT2D eigenvalue weighted by atomic mass is 10.3. The summed E-state index contributed by atoms with van der Waals surface area (Å²) in [5.41, 5.74) is 0.604. The molecule has 0 saturated carbocycles. The van der Waals surface area contributed by atoms with E-state index < -0.39 is 17.7 Å². The van der Waals surface area contributed by atoms with E-state index in [-0.39, 0.29) is 18.1 Å². The fourth-order valence-electron chi connectivity index (χ4n) is 2.04. The van der Waals surface area contributed by atoms with Gasteiger partial charge < -0.3 is 10.4 Å². The molecule has 3 aromatic rings. The Balaban J connectivity index is 1.72. The van der Waals surface area contributed by atoms with E-state index in [1.807, 2.05) is 0 Å². The molecule has 0 bridgehead atoms. The molecule has 8 nitrogen and oxygen atoms in total. The van der Waals surface area contributed by atoms with E-state index >= 15 is 0 Å². The van der Waals surface area contributed by atoms with E-state index in [0.717, 1.165) is 0 Å². The molecule has 0 aliphatic heterocycles. The number of hydrogen-bond acceptors (Lipinski definition) is 4. The van der Waals surface area contributed by atoms with Crippen LogP contribution in [0.25, 0.3) is 5.69 Å². The van der Waals surface area contributed by atoms with Crippen LogP contribution in [0.1, 0.15) is 10.5 Å². The Kier molecular flexibility index (Phi) is 4.06. The fraction of sp³-hybridized carbons (Fsp3) is 0.0667. The highest BCUT2D eigenvalue weighted by atomic mass is 19.1. The van der Waals surface area contributed by atoms with Crippen LogP contribution >= 0.6 is 0 Å². The first kappa shape index (κ1) is 15.4. The third kappa shape index (κ3) is 3.46. The van der Waals surface area contributed by atoms with E-state index in [1.165, 1.54) is 46.0 Å². The second-order valence-corrected chi connectivity index (χ2v) is 4.87. The molecule has 9 heteroatoms. The van der Waals surface area contributed by atoms with E-state index in [4.69, 9.17) is 5.11 Å². The minimum absolute atomic E-state index is 0.118. The summed E-state index contributed by atoms with van der Waals surface area (Å²) in [7, 11) is 0. The summed E-state index contributed by atoms with van der Waals surface area (Å²) in [6.45, 7) is -0.302. The zero-order valence-corrected chi connectivity index (χ0v) is 12.3. The van der Waals surface area contributed by atoms with Gasteiger partial charge in [0.25, 0.3) is 5.91 Å². The molecule has 0 aliphatic carbocycles. The normalized spacial score (nSPS) is 10.5. The molecule has 0 aliphatic rings. The lowest BCUT2D eigenvalue weighted by molar-refractivity contribution is -0.137. The van der Waals surface area contributed by atoms with Crippen LogP contribution in [0.3, 0.4) is 0 Å². The molecular formula is C15H12FN5O3. The van der Waals surface area contributed by atoms with E-state index in [0.29, 0.717) is 5.69 Å². The molecule has 2 N–H and O–H groups in total. The molecule has 0 unspecified atom stereocenters. The van der Waals surface area contributed by atoms with Gasteiger partial charge in [-0.25, -0.2) is 9.07 Å². The van der Waals surface area contributed by atoms with Crippen LogP contribution in [-0.2, 0) is 11.3 Å². The van der Waals surface area contributed by atoms with Crippen molar-refractivity contribution < 1.29 is 19.1 Å². The molecule has 122 valence electrons. The minimum atomic E-state index is -1.04. The summed E-state index contributed by atoms with van der Waals surface area (Å²) in [5.74, 6) is -1.74. The quantitative estimate of drug-likeness (QED) is 0.739. The SMILES string of the molecule is O=C(O)Cn1ccc(NC(=O)c2ccn(-c3cccc(F)c3)n2)n1. The Labute approximate surface area is 135 Å². The summed E-state index contributed by atoms with van der Waals surface area (Å²) in [5, 5.41) is 19.2. The molecule has 0 saturated heterocycles. The molecule has 1 amide bonds. The largest absolute Gasteiger partial charge is 0.480 e. The number of carboxylic acid groups (broad SMARTS) is 1. The predicted molar refractivity (Wildman–Crippen MR) is 81.3 cm³/mol. The van der Waals surface area contributed by atoms with Crippen molar-refractivity contribution in [1.82, 2.24) is 19.6 Å². The minimum Gasteiger partial charge on any atom is -0.480 e. The number of carbonyl (C=O) groups excluding carboxylic acids is 1. The first-order valence-electron chi connectivity index (χ1n) is 6.89. The lowest BCUT2D eigenvalue weighted by Crippen LogP contribution is -2.15. The van der Waals surface area contributed by atoms with Crippen LogP contribution in [0.15, 0.2) is 48.8 Å². The molecule has 0 fully saturated rings. The van der Waals surface area contributed by atoms with Crippen LogP contribution in [0.2, 0.25) is 0 Å². The van der Waals surface area contributed by atoms with Gasteiger partial charge >= 0.3 is 5.97 Å². The number of benzene rings is 1. The van der Waals surface area contributed by atoms with Gasteiger partial charge in [0.2, 0.25) is 0 Å². The number of amides is 1. The van der Waals surface area contributed by atoms with Crippen molar-refractivity contribution in [3.8, 4) is 5.69 Å². The number of hydrogen-bond donors (Lipinski definition) is 2. The third-order valence-corrected chi connectivity index (χ3v) is 3.07. The molecule has 1 aromatic carbocycles. The molecular weight excluding hydrogens is 317 g/mol. The van der Waals surface area contributed by atoms with Gasteiger partial charge in [-0.15, -0.1) is 0 Å². The van der Waals surface area contributed by atoms with Crippen LogP contribution in [0.4, 0.5) is 10.2 Å².